The number of hydrogen-bond acceptors (Lipinski definition) is 3. The molecule has 1 aliphatic rings. The zero-order chi connectivity index (χ0) is 12.5. The fourth-order valence-corrected chi connectivity index (χ4v) is 3.58. The highest BCUT2D eigenvalue weighted by atomic mass is 35.5. The van der Waals surface area contributed by atoms with Crippen molar-refractivity contribution in [2.24, 2.45) is 0 Å². The predicted molar refractivity (Wildman–Crippen MR) is 79.3 cm³/mol. The monoisotopic (exact) mass is 278 g/mol. The molecule has 0 N–H and O–H groups in total. The largest absolute Gasteiger partial charge is 0.300 e. The SMILES string of the molecule is CCN1CC=C(c2nc3c(Cl)cccc3s2)CC1. The van der Waals surface area contributed by atoms with E-state index in [1.54, 1.807) is 11.3 Å². The lowest BCUT2D eigenvalue weighted by atomic mass is 10.1. The molecule has 0 atom stereocenters. The third kappa shape index (κ3) is 2.18. The number of thiazole rings is 1. The highest BCUT2D eigenvalue weighted by Gasteiger charge is 2.15. The molecule has 18 heavy (non-hydrogen) atoms. The number of para-hydroxylation sites is 1. The second-order valence-corrected chi connectivity index (χ2v) is 5.92. The number of likely N-dealkylation sites (N-methyl/N-ethyl adjacent to an activating group) is 1. The van der Waals surface area contributed by atoms with Gasteiger partial charge in [0.2, 0.25) is 0 Å². The number of hydrogen-bond donors (Lipinski definition) is 0. The third-order valence-corrected chi connectivity index (χ3v) is 4.79. The number of nitrogens with zero attached hydrogens (tertiary/aromatic N) is 2. The smallest absolute Gasteiger partial charge is 0.120 e. The van der Waals surface area contributed by atoms with Crippen LogP contribution in [0.5, 0.6) is 0 Å². The van der Waals surface area contributed by atoms with E-state index in [1.807, 2.05) is 12.1 Å². The van der Waals surface area contributed by atoms with E-state index in [0.29, 0.717) is 0 Å². The third-order valence-electron chi connectivity index (χ3n) is 3.38. The van der Waals surface area contributed by atoms with Gasteiger partial charge in [-0.2, -0.15) is 0 Å². The Labute approximate surface area is 116 Å². The Bertz CT molecular complexity index is 603. The Kier molecular flexibility index (Phi) is 3.37. The van der Waals surface area contributed by atoms with E-state index in [1.165, 1.54) is 10.3 Å². The zero-order valence-corrected chi connectivity index (χ0v) is 11.9. The minimum absolute atomic E-state index is 0.751. The number of fused-ring (bicyclic) bond motifs is 1. The molecule has 0 bridgehead atoms. The molecule has 3 rings (SSSR count). The first kappa shape index (κ1) is 12.2. The van der Waals surface area contributed by atoms with Crippen molar-refractivity contribution in [3.63, 3.8) is 0 Å². The van der Waals surface area contributed by atoms with Gasteiger partial charge in [-0.15, -0.1) is 11.3 Å². The molecular weight excluding hydrogens is 264 g/mol. The topological polar surface area (TPSA) is 16.1 Å². The summed E-state index contributed by atoms with van der Waals surface area (Å²) in [6.07, 6.45) is 3.39. The summed E-state index contributed by atoms with van der Waals surface area (Å²) in [6, 6.07) is 5.98. The molecule has 0 fully saturated rings. The van der Waals surface area contributed by atoms with Gasteiger partial charge in [0, 0.05) is 13.1 Å². The van der Waals surface area contributed by atoms with Crippen molar-refractivity contribution in [1.29, 1.82) is 0 Å². The first-order valence-corrected chi connectivity index (χ1v) is 7.44. The number of benzene rings is 1. The lowest BCUT2D eigenvalue weighted by Crippen LogP contribution is -2.27. The van der Waals surface area contributed by atoms with E-state index in [9.17, 15) is 0 Å². The van der Waals surface area contributed by atoms with Crippen molar-refractivity contribution in [3.05, 3.63) is 34.3 Å². The van der Waals surface area contributed by atoms with E-state index < -0.39 is 0 Å². The molecule has 2 aromatic rings. The van der Waals surface area contributed by atoms with Gasteiger partial charge < -0.3 is 0 Å². The molecule has 1 aromatic heterocycles. The van der Waals surface area contributed by atoms with Gasteiger partial charge in [-0.25, -0.2) is 4.98 Å². The summed E-state index contributed by atoms with van der Waals surface area (Å²) in [5.74, 6) is 0. The first-order valence-electron chi connectivity index (χ1n) is 6.24. The van der Waals surface area contributed by atoms with Crippen molar-refractivity contribution in [3.8, 4) is 0 Å². The average Bonchev–Trinajstić information content (AvgIpc) is 2.84. The molecule has 0 unspecified atom stereocenters. The van der Waals surface area contributed by atoms with E-state index in [4.69, 9.17) is 11.6 Å². The van der Waals surface area contributed by atoms with E-state index in [-0.39, 0.29) is 0 Å². The average molecular weight is 279 g/mol. The number of rotatable bonds is 2. The Hall–Kier alpha value is -0.900. The molecular formula is C14H15ClN2S. The maximum absolute atomic E-state index is 6.17. The maximum Gasteiger partial charge on any atom is 0.120 e. The summed E-state index contributed by atoms with van der Waals surface area (Å²) in [6.45, 7) is 5.49. The van der Waals surface area contributed by atoms with Gasteiger partial charge in [0.1, 0.15) is 10.5 Å². The molecule has 0 amide bonds. The highest BCUT2D eigenvalue weighted by molar-refractivity contribution is 7.19. The lowest BCUT2D eigenvalue weighted by Gasteiger charge is -2.23. The number of aromatic nitrogens is 1. The van der Waals surface area contributed by atoms with Crippen molar-refractivity contribution in [2.75, 3.05) is 19.6 Å². The van der Waals surface area contributed by atoms with Crippen LogP contribution in [0.4, 0.5) is 0 Å². The van der Waals surface area contributed by atoms with Crippen LogP contribution in [-0.4, -0.2) is 29.5 Å². The van der Waals surface area contributed by atoms with Crippen LogP contribution in [0.25, 0.3) is 15.8 Å². The molecule has 2 heterocycles. The minimum Gasteiger partial charge on any atom is -0.300 e. The van der Waals surface area contributed by atoms with Crippen molar-refractivity contribution in [2.45, 2.75) is 13.3 Å². The second-order valence-electron chi connectivity index (χ2n) is 4.48. The summed E-state index contributed by atoms with van der Waals surface area (Å²) < 4.78 is 1.18. The Balaban J connectivity index is 1.96. The van der Waals surface area contributed by atoms with Gasteiger partial charge in [-0.05, 0) is 30.7 Å². The van der Waals surface area contributed by atoms with Crippen LogP contribution in [0.2, 0.25) is 5.02 Å². The Morgan fingerprint density at radius 3 is 3.00 bits per heavy atom. The van der Waals surface area contributed by atoms with Crippen molar-refractivity contribution < 1.29 is 0 Å². The summed E-state index contributed by atoms with van der Waals surface area (Å²) in [5, 5.41) is 1.88. The normalized spacial score (nSPS) is 17.1. The van der Waals surface area contributed by atoms with Crippen LogP contribution in [-0.2, 0) is 0 Å². The van der Waals surface area contributed by atoms with E-state index >= 15 is 0 Å². The predicted octanol–water partition coefficient (Wildman–Crippen LogP) is 4.06. The first-order chi connectivity index (χ1) is 8.78. The van der Waals surface area contributed by atoms with Crippen LogP contribution in [0.3, 0.4) is 0 Å². The van der Waals surface area contributed by atoms with Gasteiger partial charge >= 0.3 is 0 Å². The van der Waals surface area contributed by atoms with Crippen LogP contribution >= 0.6 is 22.9 Å². The van der Waals surface area contributed by atoms with Gasteiger partial charge in [-0.1, -0.05) is 30.7 Å². The van der Waals surface area contributed by atoms with Gasteiger partial charge in [0.15, 0.2) is 0 Å². The van der Waals surface area contributed by atoms with Crippen LogP contribution in [0.15, 0.2) is 24.3 Å². The molecule has 4 heteroatoms. The summed E-state index contributed by atoms with van der Waals surface area (Å²) in [7, 11) is 0. The summed E-state index contributed by atoms with van der Waals surface area (Å²) >= 11 is 7.92. The maximum atomic E-state index is 6.17. The van der Waals surface area contributed by atoms with Gasteiger partial charge in [0.05, 0.1) is 9.72 Å². The van der Waals surface area contributed by atoms with Crippen molar-refractivity contribution >= 4 is 38.7 Å². The van der Waals surface area contributed by atoms with Gasteiger partial charge in [-0.3, -0.25) is 4.90 Å². The Morgan fingerprint density at radius 2 is 2.33 bits per heavy atom. The summed E-state index contributed by atoms with van der Waals surface area (Å²) in [5.41, 5.74) is 2.31. The Morgan fingerprint density at radius 1 is 1.44 bits per heavy atom. The zero-order valence-electron chi connectivity index (χ0n) is 10.3. The van der Waals surface area contributed by atoms with Crippen LogP contribution in [0.1, 0.15) is 18.4 Å². The van der Waals surface area contributed by atoms with E-state index in [2.05, 4.69) is 29.0 Å². The van der Waals surface area contributed by atoms with E-state index in [0.717, 1.165) is 41.6 Å². The fourth-order valence-electron chi connectivity index (χ4n) is 2.24. The molecule has 0 spiro atoms. The van der Waals surface area contributed by atoms with Crippen molar-refractivity contribution in [1.82, 2.24) is 9.88 Å². The number of halogens is 1. The molecule has 1 aliphatic heterocycles. The molecule has 1 aromatic carbocycles. The molecule has 0 radical (unpaired) electrons. The quantitative estimate of drug-likeness (QED) is 0.824. The van der Waals surface area contributed by atoms with Crippen LogP contribution in [0, 0.1) is 0 Å². The van der Waals surface area contributed by atoms with Crippen LogP contribution < -0.4 is 0 Å². The second kappa shape index (κ2) is 5.00. The highest BCUT2D eigenvalue weighted by Crippen LogP contribution is 2.33. The molecule has 0 aliphatic carbocycles. The lowest BCUT2D eigenvalue weighted by molar-refractivity contribution is 0.318. The molecule has 2 nitrogen and oxygen atoms in total. The fraction of sp³-hybridized carbons (Fsp3) is 0.357. The molecule has 0 saturated carbocycles. The summed E-state index contributed by atoms with van der Waals surface area (Å²) in [4.78, 5) is 7.12. The molecule has 94 valence electrons. The minimum atomic E-state index is 0.751. The standard InChI is InChI=1S/C14H15ClN2S/c1-2-17-8-6-10(7-9-17)14-16-13-11(15)4-3-5-12(13)18-14/h3-6H,2,7-9H2,1H3. The van der Waals surface area contributed by atoms with Gasteiger partial charge in [0.25, 0.3) is 0 Å². The molecule has 0 saturated heterocycles.